The maximum atomic E-state index is 12.0. The second-order valence-electron chi connectivity index (χ2n) is 5.78. The zero-order valence-corrected chi connectivity index (χ0v) is 13.9. The van der Waals surface area contributed by atoms with Crippen LogP contribution in [-0.4, -0.2) is 52.8 Å². The lowest BCUT2D eigenvalue weighted by molar-refractivity contribution is -0.133. The van der Waals surface area contributed by atoms with Gasteiger partial charge in [-0.1, -0.05) is 0 Å². The van der Waals surface area contributed by atoms with Gasteiger partial charge in [0.15, 0.2) is 0 Å². The number of nitrogens with zero attached hydrogens (tertiary/aromatic N) is 3. The number of hydrogen-bond acceptors (Lipinski definition) is 4. The fourth-order valence-corrected chi connectivity index (χ4v) is 4.37. The Bertz CT molecular complexity index is 476. The molecule has 4 nitrogen and oxygen atoms in total. The van der Waals surface area contributed by atoms with Crippen molar-refractivity contribution in [3.05, 3.63) is 15.6 Å². The average Bonchev–Trinajstić information content (AvgIpc) is 3.06. The molecule has 1 aliphatic carbocycles. The molecule has 0 spiro atoms. The van der Waals surface area contributed by atoms with Gasteiger partial charge in [0, 0.05) is 43.4 Å². The van der Waals surface area contributed by atoms with E-state index in [1.165, 1.54) is 28.4 Å². The third-order valence-corrected chi connectivity index (χ3v) is 5.66. The van der Waals surface area contributed by atoms with Crippen molar-refractivity contribution in [2.75, 3.05) is 32.1 Å². The molecule has 0 N–H and O–H groups in total. The fraction of sp³-hybridized carbons (Fsp3) is 0.733. The molecular weight excluding hydrogens is 306 g/mol. The molecule has 1 aromatic heterocycles. The van der Waals surface area contributed by atoms with Gasteiger partial charge < -0.3 is 4.90 Å². The number of hydrogen-bond donors (Lipinski definition) is 0. The van der Waals surface area contributed by atoms with E-state index >= 15 is 0 Å². The number of thiazole rings is 1. The number of alkyl halides is 1. The van der Waals surface area contributed by atoms with E-state index in [0.717, 1.165) is 45.6 Å². The van der Waals surface area contributed by atoms with Gasteiger partial charge in [0.2, 0.25) is 5.91 Å². The van der Waals surface area contributed by atoms with E-state index in [1.54, 1.807) is 0 Å². The van der Waals surface area contributed by atoms with Crippen LogP contribution in [0, 0.1) is 0 Å². The van der Waals surface area contributed by atoms with Crippen molar-refractivity contribution in [3.8, 4) is 0 Å². The number of aryl methyl sites for hydroxylation is 2. The molecule has 1 aliphatic heterocycles. The number of amides is 1. The molecule has 1 aromatic rings. The van der Waals surface area contributed by atoms with E-state index in [2.05, 4.69) is 4.90 Å². The monoisotopic (exact) mass is 327 g/mol. The quantitative estimate of drug-likeness (QED) is 0.779. The Morgan fingerprint density at radius 1 is 1.24 bits per heavy atom. The number of carbonyl (C=O) groups is 1. The number of rotatable bonds is 5. The number of fused-ring (bicyclic) bond motifs is 1. The Morgan fingerprint density at radius 3 is 2.76 bits per heavy atom. The molecule has 0 radical (unpaired) electrons. The molecule has 0 bridgehead atoms. The highest BCUT2D eigenvalue weighted by atomic mass is 35.5. The summed E-state index contributed by atoms with van der Waals surface area (Å²) in [6.07, 6.45) is 5.02. The van der Waals surface area contributed by atoms with Crippen LogP contribution in [0.5, 0.6) is 0 Å². The first-order valence-electron chi connectivity index (χ1n) is 7.80. The molecule has 3 rings (SSSR count). The summed E-state index contributed by atoms with van der Waals surface area (Å²) in [5.74, 6) is 0.823. The Kier molecular flexibility index (Phi) is 5.14. The van der Waals surface area contributed by atoms with Crippen LogP contribution in [0.3, 0.4) is 0 Å². The molecule has 116 valence electrons. The SMILES string of the molecule is O=C(CCCCl)N1CCN(Cc2nc3c(s2)CCC3)CC1. The summed E-state index contributed by atoms with van der Waals surface area (Å²) >= 11 is 7.53. The Balaban J connectivity index is 1.46. The topological polar surface area (TPSA) is 36.4 Å². The summed E-state index contributed by atoms with van der Waals surface area (Å²) in [7, 11) is 0. The first-order valence-corrected chi connectivity index (χ1v) is 9.15. The van der Waals surface area contributed by atoms with Crippen molar-refractivity contribution in [2.45, 2.75) is 38.6 Å². The predicted molar refractivity (Wildman–Crippen MR) is 86.0 cm³/mol. The molecule has 6 heteroatoms. The molecule has 0 atom stereocenters. The third-order valence-electron chi connectivity index (χ3n) is 4.25. The number of carbonyl (C=O) groups excluding carboxylic acids is 1. The van der Waals surface area contributed by atoms with Crippen molar-refractivity contribution >= 4 is 28.8 Å². The molecule has 0 aromatic carbocycles. The van der Waals surface area contributed by atoms with Crippen molar-refractivity contribution < 1.29 is 4.79 Å². The number of piperazine rings is 1. The molecule has 1 fully saturated rings. The minimum Gasteiger partial charge on any atom is -0.340 e. The Hall–Kier alpha value is -0.650. The second kappa shape index (κ2) is 7.07. The summed E-state index contributed by atoms with van der Waals surface area (Å²) in [5.41, 5.74) is 1.34. The highest BCUT2D eigenvalue weighted by molar-refractivity contribution is 7.11. The minimum absolute atomic E-state index is 0.253. The van der Waals surface area contributed by atoms with Crippen LogP contribution in [-0.2, 0) is 24.2 Å². The van der Waals surface area contributed by atoms with Gasteiger partial charge in [-0.25, -0.2) is 4.98 Å². The third kappa shape index (κ3) is 3.76. The van der Waals surface area contributed by atoms with Crippen LogP contribution in [0.2, 0.25) is 0 Å². The van der Waals surface area contributed by atoms with Crippen molar-refractivity contribution in [2.24, 2.45) is 0 Å². The zero-order chi connectivity index (χ0) is 14.7. The summed E-state index contributed by atoms with van der Waals surface area (Å²) in [5, 5.41) is 1.25. The highest BCUT2D eigenvalue weighted by Gasteiger charge is 2.23. The largest absolute Gasteiger partial charge is 0.340 e. The summed E-state index contributed by atoms with van der Waals surface area (Å²) in [6, 6.07) is 0. The lowest BCUT2D eigenvalue weighted by atomic mass is 10.2. The van der Waals surface area contributed by atoms with Crippen molar-refractivity contribution in [3.63, 3.8) is 0 Å². The van der Waals surface area contributed by atoms with E-state index < -0.39 is 0 Å². The van der Waals surface area contributed by atoms with Crippen LogP contribution in [0.25, 0.3) is 0 Å². The van der Waals surface area contributed by atoms with Gasteiger partial charge in [0.1, 0.15) is 5.01 Å². The first kappa shape index (κ1) is 15.3. The van der Waals surface area contributed by atoms with Gasteiger partial charge >= 0.3 is 0 Å². The van der Waals surface area contributed by atoms with Crippen molar-refractivity contribution in [1.29, 1.82) is 0 Å². The van der Waals surface area contributed by atoms with E-state index in [-0.39, 0.29) is 5.91 Å². The zero-order valence-electron chi connectivity index (χ0n) is 12.3. The number of aromatic nitrogens is 1. The molecule has 0 unspecified atom stereocenters. The Labute approximate surface area is 135 Å². The lowest BCUT2D eigenvalue weighted by Crippen LogP contribution is -2.48. The standard InChI is InChI=1S/C15H22ClN3OS/c16-6-2-5-15(20)19-9-7-18(8-10-19)11-14-17-12-3-1-4-13(12)21-14/h1-11H2. The van der Waals surface area contributed by atoms with Crippen LogP contribution < -0.4 is 0 Å². The Morgan fingerprint density at radius 2 is 2.05 bits per heavy atom. The van der Waals surface area contributed by atoms with Crippen LogP contribution in [0.4, 0.5) is 0 Å². The lowest BCUT2D eigenvalue weighted by Gasteiger charge is -2.34. The van der Waals surface area contributed by atoms with Gasteiger partial charge in [-0.3, -0.25) is 9.69 Å². The molecule has 1 amide bonds. The first-order chi connectivity index (χ1) is 10.3. The maximum Gasteiger partial charge on any atom is 0.222 e. The summed E-state index contributed by atoms with van der Waals surface area (Å²) in [4.78, 5) is 22.6. The van der Waals surface area contributed by atoms with Gasteiger partial charge in [-0.2, -0.15) is 0 Å². The molecule has 2 heterocycles. The molecule has 0 saturated carbocycles. The fourth-order valence-electron chi connectivity index (χ4n) is 3.03. The predicted octanol–water partition coefficient (Wildman–Crippen LogP) is 2.30. The van der Waals surface area contributed by atoms with Gasteiger partial charge in [-0.15, -0.1) is 22.9 Å². The van der Waals surface area contributed by atoms with Crippen LogP contribution >= 0.6 is 22.9 Å². The van der Waals surface area contributed by atoms with Crippen LogP contribution in [0.15, 0.2) is 0 Å². The van der Waals surface area contributed by atoms with Gasteiger partial charge in [0.25, 0.3) is 0 Å². The molecule has 1 saturated heterocycles. The van der Waals surface area contributed by atoms with Gasteiger partial charge in [0.05, 0.1) is 12.2 Å². The number of halogens is 1. The normalized spacial score (nSPS) is 19.0. The molecule has 2 aliphatic rings. The smallest absolute Gasteiger partial charge is 0.222 e. The summed E-state index contributed by atoms with van der Waals surface area (Å²) in [6.45, 7) is 4.54. The molecular formula is C15H22ClN3OS. The van der Waals surface area contributed by atoms with E-state index in [1.807, 2.05) is 16.2 Å². The van der Waals surface area contributed by atoms with E-state index in [9.17, 15) is 4.79 Å². The summed E-state index contributed by atoms with van der Waals surface area (Å²) < 4.78 is 0. The molecule has 21 heavy (non-hydrogen) atoms. The van der Waals surface area contributed by atoms with E-state index in [4.69, 9.17) is 16.6 Å². The van der Waals surface area contributed by atoms with Crippen molar-refractivity contribution in [1.82, 2.24) is 14.8 Å². The minimum atomic E-state index is 0.253. The second-order valence-corrected chi connectivity index (χ2v) is 7.33. The van der Waals surface area contributed by atoms with E-state index in [0.29, 0.717) is 12.3 Å². The average molecular weight is 328 g/mol. The highest BCUT2D eigenvalue weighted by Crippen LogP contribution is 2.28. The maximum absolute atomic E-state index is 12.0. The van der Waals surface area contributed by atoms with Crippen LogP contribution in [0.1, 0.15) is 34.8 Å². The van der Waals surface area contributed by atoms with Gasteiger partial charge in [-0.05, 0) is 25.7 Å².